The lowest BCUT2D eigenvalue weighted by atomic mass is 10.1. The zero-order valence-electron chi connectivity index (χ0n) is 16.1. The van der Waals surface area contributed by atoms with Gasteiger partial charge in [-0.05, 0) is 42.6 Å². The van der Waals surface area contributed by atoms with Crippen LogP contribution in [-0.2, 0) is 11.2 Å². The molecule has 28 heavy (non-hydrogen) atoms. The van der Waals surface area contributed by atoms with Crippen LogP contribution in [0.3, 0.4) is 0 Å². The van der Waals surface area contributed by atoms with Gasteiger partial charge in [0, 0.05) is 11.8 Å². The Labute approximate surface area is 166 Å². The van der Waals surface area contributed by atoms with Crippen LogP contribution in [0.2, 0.25) is 0 Å². The molecule has 1 amide bonds. The van der Waals surface area contributed by atoms with Crippen LogP contribution in [0.15, 0.2) is 84.9 Å². The Bertz CT molecular complexity index is 866. The smallest absolute Gasteiger partial charge is 0.246 e. The number of ether oxygens (including phenoxy) is 1. The van der Waals surface area contributed by atoms with E-state index in [1.54, 1.807) is 7.11 Å². The summed E-state index contributed by atoms with van der Waals surface area (Å²) in [5, 5.41) is 6.40. The van der Waals surface area contributed by atoms with E-state index in [1.165, 1.54) is 5.56 Å². The van der Waals surface area contributed by atoms with Crippen molar-refractivity contribution < 1.29 is 9.53 Å². The summed E-state index contributed by atoms with van der Waals surface area (Å²) in [6.07, 6.45) is 1.94. The minimum absolute atomic E-state index is 0.0841. The molecule has 0 heterocycles. The molecule has 2 N–H and O–H groups in total. The predicted octanol–water partition coefficient (Wildman–Crippen LogP) is 4.60. The lowest BCUT2D eigenvalue weighted by molar-refractivity contribution is -0.118. The maximum atomic E-state index is 13.0. The highest BCUT2D eigenvalue weighted by Crippen LogP contribution is 2.20. The summed E-state index contributed by atoms with van der Waals surface area (Å²) in [6, 6.07) is 27.2. The Morgan fingerprint density at radius 2 is 1.64 bits per heavy atom. The number of carbonyl (C=O) groups is 1. The fourth-order valence-electron chi connectivity index (χ4n) is 3.11. The van der Waals surface area contributed by atoms with Crippen molar-refractivity contribution in [3.8, 4) is 5.75 Å². The van der Waals surface area contributed by atoms with E-state index in [0.29, 0.717) is 5.75 Å². The zero-order chi connectivity index (χ0) is 19.6. The number of amides is 1. The largest absolute Gasteiger partial charge is 0.497 e. The molecule has 0 aliphatic heterocycles. The van der Waals surface area contributed by atoms with E-state index < -0.39 is 6.04 Å². The van der Waals surface area contributed by atoms with E-state index in [9.17, 15) is 4.79 Å². The molecule has 0 aromatic heterocycles. The summed E-state index contributed by atoms with van der Waals surface area (Å²) < 4.78 is 5.24. The molecule has 144 valence electrons. The normalized spacial score (nSPS) is 11.6. The topological polar surface area (TPSA) is 50.4 Å². The van der Waals surface area contributed by atoms with E-state index in [4.69, 9.17) is 4.74 Å². The van der Waals surface area contributed by atoms with Crippen LogP contribution in [0.4, 0.5) is 5.69 Å². The number of anilines is 1. The van der Waals surface area contributed by atoms with Gasteiger partial charge in [0.15, 0.2) is 0 Å². The van der Waals surface area contributed by atoms with Gasteiger partial charge in [0.2, 0.25) is 5.91 Å². The standard InChI is InChI=1S/C24H26N2O2/c1-28-22-16-8-15-21(18-22)26-24(27)23(20-13-6-3-7-14-20)25-17-9-12-19-10-4-2-5-11-19/h2-8,10-11,13-16,18,23,25H,9,12,17H2,1H3,(H,26,27)/t23-/m0/s1. The van der Waals surface area contributed by atoms with Crippen molar-refractivity contribution >= 4 is 11.6 Å². The molecule has 0 unspecified atom stereocenters. The van der Waals surface area contributed by atoms with Gasteiger partial charge in [-0.2, -0.15) is 0 Å². The zero-order valence-corrected chi connectivity index (χ0v) is 16.1. The first-order valence-corrected chi connectivity index (χ1v) is 9.53. The number of aryl methyl sites for hydroxylation is 1. The second kappa shape index (κ2) is 10.3. The molecule has 3 rings (SSSR count). The Kier molecular flexibility index (Phi) is 7.21. The molecule has 0 aliphatic carbocycles. The first-order chi connectivity index (χ1) is 13.8. The second-order valence-electron chi connectivity index (χ2n) is 6.61. The van der Waals surface area contributed by atoms with Crippen LogP contribution < -0.4 is 15.4 Å². The summed E-state index contributed by atoms with van der Waals surface area (Å²) in [5.41, 5.74) is 2.97. The van der Waals surface area contributed by atoms with Gasteiger partial charge in [0.1, 0.15) is 11.8 Å². The van der Waals surface area contributed by atoms with Crippen LogP contribution in [0, 0.1) is 0 Å². The van der Waals surface area contributed by atoms with Crippen molar-refractivity contribution in [2.45, 2.75) is 18.9 Å². The number of methoxy groups -OCH3 is 1. The van der Waals surface area contributed by atoms with Gasteiger partial charge in [-0.25, -0.2) is 0 Å². The number of rotatable bonds is 9. The van der Waals surface area contributed by atoms with Crippen LogP contribution in [0.1, 0.15) is 23.6 Å². The minimum Gasteiger partial charge on any atom is -0.497 e. The second-order valence-corrected chi connectivity index (χ2v) is 6.61. The van der Waals surface area contributed by atoms with Gasteiger partial charge in [-0.1, -0.05) is 66.7 Å². The molecule has 3 aromatic carbocycles. The third kappa shape index (κ3) is 5.69. The van der Waals surface area contributed by atoms with Crippen molar-refractivity contribution in [2.24, 2.45) is 0 Å². The molecular formula is C24H26N2O2. The molecule has 0 aliphatic rings. The molecule has 0 fully saturated rings. The van der Waals surface area contributed by atoms with Crippen molar-refractivity contribution in [3.63, 3.8) is 0 Å². The maximum absolute atomic E-state index is 13.0. The monoisotopic (exact) mass is 374 g/mol. The van der Waals surface area contributed by atoms with Crippen molar-refractivity contribution in [3.05, 3.63) is 96.1 Å². The highest BCUT2D eigenvalue weighted by atomic mass is 16.5. The van der Waals surface area contributed by atoms with E-state index in [-0.39, 0.29) is 5.91 Å². The van der Waals surface area contributed by atoms with Crippen molar-refractivity contribution in [1.29, 1.82) is 0 Å². The first kappa shape index (κ1) is 19.6. The average Bonchev–Trinajstić information content (AvgIpc) is 2.75. The fourth-order valence-corrected chi connectivity index (χ4v) is 3.11. The van der Waals surface area contributed by atoms with Crippen LogP contribution in [0.5, 0.6) is 5.75 Å². The minimum atomic E-state index is -0.414. The van der Waals surface area contributed by atoms with Gasteiger partial charge < -0.3 is 15.4 Å². The quantitative estimate of drug-likeness (QED) is 0.538. The lowest BCUT2D eigenvalue weighted by Crippen LogP contribution is -2.33. The first-order valence-electron chi connectivity index (χ1n) is 9.53. The molecule has 3 aromatic rings. The lowest BCUT2D eigenvalue weighted by Gasteiger charge is -2.19. The number of nitrogens with one attached hydrogen (secondary N) is 2. The van der Waals surface area contributed by atoms with Crippen LogP contribution in [0.25, 0.3) is 0 Å². The Balaban J connectivity index is 1.63. The van der Waals surface area contributed by atoms with Crippen LogP contribution >= 0.6 is 0 Å². The molecule has 1 atom stereocenters. The SMILES string of the molecule is COc1cccc(NC(=O)[C@@H](NCCCc2ccccc2)c2ccccc2)c1. The third-order valence-corrected chi connectivity index (χ3v) is 4.57. The highest BCUT2D eigenvalue weighted by molar-refractivity contribution is 5.95. The van der Waals surface area contributed by atoms with Gasteiger partial charge in [-0.15, -0.1) is 0 Å². The molecule has 0 saturated carbocycles. The molecule has 4 heteroatoms. The third-order valence-electron chi connectivity index (χ3n) is 4.57. The molecule has 0 saturated heterocycles. The van der Waals surface area contributed by atoms with Gasteiger partial charge >= 0.3 is 0 Å². The van der Waals surface area contributed by atoms with Crippen molar-refractivity contribution in [2.75, 3.05) is 19.0 Å². The Hall–Kier alpha value is -3.11. The van der Waals surface area contributed by atoms with Gasteiger partial charge in [0.25, 0.3) is 0 Å². The van der Waals surface area contributed by atoms with E-state index in [0.717, 1.165) is 30.6 Å². The molecule has 0 spiro atoms. The highest BCUT2D eigenvalue weighted by Gasteiger charge is 2.20. The summed E-state index contributed by atoms with van der Waals surface area (Å²) in [4.78, 5) is 13.0. The molecule has 4 nitrogen and oxygen atoms in total. The van der Waals surface area contributed by atoms with E-state index in [2.05, 4.69) is 34.9 Å². The van der Waals surface area contributed by atoms with E-state index in [1.807, 2.05) is 60.7 Å². The summed E-state index contributed by atoms with van der Waals surface area (Å²) in [5.74, 6) is 0.629. The maximum Gasteiger partial charge on any atom is 0.246 e. The summed E-state index contributed by atoms with van der Waals surface area (Å²) in [7, 11) is 1.61. The number of carbonyl (C=O) groups excluding carboxylic acids is 1. The Morgan fingerprint density at radius 3 is 2.36 bits per heavy atom. The molecule has 0 bridgehead atoms. The van der Waals surface area contributed by atoms with Crippen molar-refractivity contribution in [1.82, 2.24) is 5.32 Å². The van der Waals surface area contributed by atoms with E-state index >= 15 is 0 Å². The summed E-state index contributed by atoms with van der Waals surface area (Å²) in [6.45, 7) is 0.750. The average molecular weight is 374 g/mol. The van der Waals surface area contributed by atoms with Gasteiger partial charge in [-0.3, -0.25) is 4.79 Å². The molecule has 0 radical (unpaired) electrons. The number of benzene rings is 3. The predicted molar refractivity (Wildman–Crippen MR) is 114 cm³/mol. The molecular weight excluding hydrogens is 348 g/mol. The number of hydrogen-bond acceptors (Lipinski definition) is 3. The fraction of sp³-hybridized carbons (Fsp3) is 0.208. The van der Waals surface area contributed by atoms with Crippen LogP contribution in [-0.4, -0.2) is 19.6 Å². The summed E-state index contributed by atoms with van der Waals surface area (Å²) >= 11 is 0. The number of hydrogen-bond donors (Lipinski definition) is 2. The Morgan fingerprint density at radius 1 is 0.929 bits per heavy atom. The van der Waals surface area contributed by atoms with Gasteiger partial charge in [0.05, 0.1) is 7.11 Å².